The minimum absolute atomic E-state index is 0.261. The second kappa shape index (κ2) is 6.71. The lowest BCUT2D eigenvalue weighted by Crippen LogP contribution is -2.30. The van der Waals surface area contributed by atoms with E-state index in [0.29, 0.717) is 17.5 Å². The molecule has 3 aromatic rings. The van der Waals surface area contributed by atoms with Crippen molar-refractivity contribution < 1.29 is 4.79 Å². The van der Waals surface area contributed by atoms with Crippen molar-refractivity contribution in [3.05, 3.63) is 42.2 Å². The van der Waals surface area contributed by atoms with E-state index in [2.05, 4.69) is 35.7 Å². The Bertz CT molecular complexity index is 851. The van der Waals surface area contributed by atoms with Crippen molar-refractivity contribution in [2.45, 2.75) is 19.3 Å². The van der Waals surface area contributed by atoms with E-state index in [9.17, 15) is 4.79 Å². The third-order valence-corrected chi connectivity index (χ3v) is 4.14. The van der Waals surface area contributed by atoms with Crippen LogP contribution in [0.2, 0.25) is 0 Å². The summed E-state index contributed by atoms with van der Waals surface area (Å²) in [5.41, 5.74) is 1.26. The van der Waals surface area contributed by atoms with Crippen molar-refractivity contribution in [3.63, 3.8) is 0 Å². The lowest BCUT2D eigenvalue weighted by Gasteiger charge is -2.24. The molecule has 3 heterocycles. The maximum Gasteiger partial charge on any atom is 0.258 e. The van der Waals surface area contributed by atoms with Crippen LogP contribution < -0.4 is 10.2 Å². The highest BCUT2D eigenvalue weighted by Crippen LogP contribution is 2.17. The fourth-order valence-electron chi connectivity index (χ4n) is 2.86. The first kappa shape index (κ1) is 15.3. The summed E-state index contributed by atoms with van der Waals surface area (Å²) in [6.07, 6.45) is 6.84. The fraction of sp³-hybridized carbons (Fsp3) is 0.312. The molecular weight excluding hydrogens is 320 g/mol. The molecule has 0 unspecified atom stereocenters. The Balaban J connectivity index is 1.47. The van der Waals surface area contributed by atoms with Crippen molar-refractivity contribution in [1.82, 2.24) is 30.2 Å². The standard InChI is InChI=1S/C16H18N8O/c25-14(12-5-4-6-13(11-12)24-10-7-17-22-24)18-15-19-16(21-20-15)23-8-2-1-3-9-23/h4-7,10-11H,1-3,8-9H2,(H2,18,19,20,21,25). The molecule has 1 aliphatic heterocycles. The second-order valence-electron chi connectivity index (χ2n) is 5.88. The zero-order valence-corrected chi connectivity index (χ0v) is 13.6. The summed E-state index contributed by atoms with van der Waals surface area (Å²) in [6.45, 7) is 1.90. The van der Waals surface area contributed by atoms with Gasteiger partial charge in [0.25, 0.3) is 5.91 Å². The molecule has 0 spiro atoms. The zero-order chi connectivity index (χ0) is 17.1. The molecule has 9 nitrogen and oxygen atoms in total. The van der Waals surface area contributed by atoms with Crippen molar-refractivity contribution in [3.8, 4) is 5.69 Å². The monoisotopic (exact) mass is 338 g/mol. The minimum Gasteiger partial charge on any atom is -0.340 e. The molecule has 25 heavy (non-hydrogen) atoms. The fourth-order valence-corrected chi connectivity index (χ4v) is 2.86. The average Bonchev–Trinajstić information content (AvgIpc) is 3.35. The third-order valence-electron chi connectivity index (χ3n) is 4.14. The summed E-state index contributed by atoms with van der Waals surface area (Å²) in [6, 6.07) is 7.13. The Labute approximate surface area is 144 Å². The number of piperidine rings is 1. The molecule has 2 aromatic heterocycles. The minimum atomic E-state index is -0.261. The van der Waals surface area contributed by atoms with E-state index in [1.54, 1.807) is 35.3 Å². The number of carbonyl (C=O) groups is 1. The highest BCUT2D eigenvalue weighted by Gasteiger charge is 2.16. The molecule has 0 bridgehead atoms. The lowest BCUT2D eigenvalue weighted by atomic mass is 10.1. The van der Waals surface area contributed by atoms with Gasteiger partial charge in [-0.1, -0.05) is 11.3 Å². The number of aromatic nitrogens is 6. The maximum atomic E-state index is 12.5. The number of rotatable bonds is 4. The summed E-state index contributed by atoms with van der Waals surface area (Å²) < 4.78 is 1.60. The van der Waals surface area contributed by atoms with E-state index in [1.807, 2.05) is 6.07 Å². The van der Waals surface area contributed by atoms with E-state index in [1.165, 1.54) is 6.42 Å². The second-order valence-corrected chi connectivity index (χ2v) is 5.88. The van der Waals surface area contributed by atoms with Crippen molar-refractivity contribution in [2.24, 2.45) is 0 Å². The Hall–Kier alpha value is -3.23. The molecule has 0 aliphatic carbocycles. The average molecular weight is 338 g/mol. The molecule has 1 fully saturated rings. The first-order valence-electron chi connectivity index (χ1n) is 8.25. The zero-order valence-electron chi connectivity index (χ0n) is 13.6. The van der Waals surface area contributed by atoms with Crippen LogP contribution in [0.3, 0.4) is 0 Å². The van der Waals surface area contributed by atoms with E-state index >= 15 is 0 Å². The van der Waals surface area contributed by atoms with Crippen LogP contribution in [-0.4, -0.2) is 49.2 Å². The number of hydrogen-bond donors (Lipinski definition) is 2. The Morgan fingerprint density at radius 2 is 2.08 bits per heavy atom. The number of aromatic amines is 1. The first-order valence-corrected chi connectivity index (χ1v) is 8.25. The van der Waals surface area contributed by atoms with E-state index in [-0.39, 0.29) is 5.91 Å². The van der Waals surface area contributed by atoms with Crippen LogP contribution in [0.25, 0.3) is 5.69 Å². The number of hydrogen-bond acceptors (Lipinski definition) is 6. The SMILES string of the molecule is O=C(Nc1nc(N2CCCCC2)n[nH]1)c1cccc(-n2ccnn2)c1. The third kappa shape index (κ3) is 3.35. The normalized spacial score (nSPS) is 14.5. The van der Waals surface area contributed by atoms with Crippen LogP contribution in [0.5, 0.6) is 0 Å². The van der Waals surface area contributed by atoms with Crippen molar-refractivity contribution >= 4 is 17.8 Å². The van der Waals surface area contributed by atoms with Gasteiger partial charge in [-0.25, -0.2) is 9.78 Å². The van der Waals surface area contributed by atoms with E-state index in [0.717, 1.165) is 31.6 Å². The molecule has 0 atom stereocenters. The number of amides is 1. The predicted molar refractivity (Wildman–Crippen MR) is 91.8 cm³/mol. The summed E-state index contributed by atoms with van der Waals surface area (Å²) in [4.78, 5) is 19.0. The highest BCUT2D eigenvalue weighted by atomic mass is 16.1. The van der Waals surface area contributed by atoms with Crippen LogP contribution >= 0.6 is 0 Å². The largest absolute Gasteiger partial charge is 0.340 e. The number of nitrogens with zero attached hydrogens (tertiary/aromatic N) is 6. The van der Waals surface area contributed by atoms with Gasteiger partial charge in [-0.05, 0) is 37.5 Å². The van der Waals surface area contributed by atoms with Gasteiger partial charge in [-0.3, -0.25) is 10.1 Å². The van der Waals surface area contributed by atoms with Crippen LogP contribution in [0.4, 0.5) is 11.9 Å². The summed E-state index contributed by atoms with van der Waals surface area (Å²) in [7, 11) is 0. The van der Waals surface area contributed by atoms with Crippen LogP contribution in [0.1, 0.15) is 29.6 Å². The first-order chi connectivity index (χ1) is 12.3. The van der Waals surface area contributed by atoms with Gasteiger partial charge in [0.1, 0.15) is 0 Å². The number of carbonyl (C=O) groups excluding carboxylic acids is 1. The summed E-state index contributed by atoms with van der Waals surface area (Å²) in [5, 5.41) is 17.4. The van der Waals surface area contributed by atoms with E-state index in [4.69, 9.17) is 0 Å². The topological polar surface area (TPSA) is 105 Å². The van der Waals surface area contributed by atoms with Gasteiger partial charge >= 0.3 is 0 Å². The molecule has 1 amide bonds. The molecule has 4 rings (SSSR count). The Morgan fingerprint density at radius 3 is 2.88 bits per heavy atom. The molecular formula is C16H18N8O. The maximum absolute atomic E-state index is 12.5. The van der Waals surface area contributed by atoms with Gasteiger partial charge in [0.05, 0.1) is 18.1 Å². The number of anilines is 2. The molecule has 128 valence electrons. The molecule has 1 aromatic carbocycles. The van der Waals surface area contributed by atoms with Gasteiger partial charge in [0.15, 0.2) is 0 Å². The summed E-state index contributed by atoms with van der Waals surface area (Å²) >= 11 is 0. The van der Waals surface area contributed by atoms with Crippen molar-refractivity contribution in [2.75, 3.05) is 23.3 Å². The molecule has 0 radical (unpaired) electrons. The Morgan fingerprint density at radius 1 is 1.20 bits per heavy atom. The molecule has 1 saturated heterocycles. The highest BCUT2D eigenvalue weighted by molar-refractivity contribution is 6.03. The predicted octanol–water partition coefficient (Wildman–Crippen LogP) is 1.63. The van der Waals surface area contributed by atoms with Gasteiger partial charge in [-0.15, -0.1) is 10.2 Å². The molecule has 2 N–H and O–H groups in total. The van der Waals surface area contributed by atoms with Gasteiger partial charge < -0.3 is 4.90 Å². The van der Waals surface area contributed by atoms with Crippen molar-refractivity contribution in [1.29, 1.82) is 0 Å². The van der Waals surface area contributed by atoms with E-state index < -0.39 is 0 Å². The molecule has 0 saturated carbocycles. The lowest BCUT2D eigenvalue weighted by molar-refractivity contribution is 0.102. The number of nitrogens with one attached hydrogen (secondary N) is 2. The van der Waals surface area contributed by atoms with Gasteiger partial charge in [0.2, 0.25) is 11.9 Å². The summed E-state index contributed by atoms with van der Waals surface area (Å²) in [5.74, 6) is 0.714. The van der Waals surface area contributed by atoms with Gasteiger partial charge in [-0.2, -0.15) is 4.98 Å². The molecule has 9 heteroatoms. The van der Waals surface area contributed by atoms with Crippen LogP contribution in [0.15, 0.2) is 36.7 Å². The quantitative estimate of drug-likeness (QED) is 0.749. The van der Waals surface area contributed by atoms with Crippen LogP contribution in [0, 0.1) is 0 Å². The Kier molecular flexibility index (Phi) is 4.11. The number of H-pyrrole nitrogens is 1. The van der Waals surface area contributed by atoms with Gasteiger partial charge in [0, 0.05) is 18.7 Å². The van der Waals surface area contributed by atoms with Crippen LogP contribution in [-0.2, 0) is 0 Å². The molecule has 1 aliphatic rings. The number of benzene rings is 1. The smallest absolute Gasteiger partial charge is 0.258 e.